The minimum atomic E-state index is 0.420. The Balaban J connectivity index is 3.10. The quantitative estimate of drug-likeness (QED) is 0.825. The van der Waals surface area contributed by atoms with E-state index in [-0.39, 0.29) is 0 Å². The highest BCUT2D eigenvalue weighted by atomic mass is 15.3. The summed E-state index contributed by atoms with van der Waals surface area (Å²) in [7, 11) is 2.01. The molecule has 0 saturated carbocycles. The largest absolute Gasteiger partial charge is 0.310 e. The van der Waals surface area contributed by atoms with Crippen LogP contribution in [0.4, 0.5) is 0 Å². The van der Waals surface area contributed by atoms with Crippen molar-refractivity contribution >= 4 is 0 Å². The number of hydrogen-bond acceptors (Lipinski definition) is 2. The number of rotatable bonds is 4. The standard InChI is InChI=1S/C12H23N3/c1-7-13-12(8(2)3)11-9(4)14-15(6)10(11)5/h8,12-13H,7H2,1-6H3. The van der Waals surface area contributed by atoms with E-state index >= 15 is 0 Å². The van der Waals surface area contributed by atoms with Gasteiger partial charge in [0.1, 0.15) is 0 Å². The maximum absolute atomic E-state index is 4.47. The van der Waals surface area contributed by atoms with Crippen molar-refractivity contribution in [3.63, 3.8) is 0 Å². The Bertz CT molecular complexity index is 326. The zero-order chi connectivity index (χ0) is 11.6. The Morgan fingerprint density at radius 1 is 1.33 bits per heavy atom. The second-order valence-electron chi connectivity index (χ2n) is 4.49. The number of hydrogen-bond donors (Lipinski definition) is 1. The molecule has 0 radical (unpaired) electrons. The molecule has 0 fully saturated rings. The summed E-state index contributed by atoms with van der Waals surface area (Å²) in [6.07, 6.45) is 0. The van der Waals surface area contributed by atoms with Gasteiger partial charge >= 0.3 is 0 Å². The fourth-order valence-corrected chi connectivity index (χ4v) is 2.13. The highest BCUT2D eigenvalue weighted by molar-refractivity contribution is 5.28. The third kappa shape index (κ3) is 2.40. The van der Waals surface area contributed by atoms with Crippen molar-refractivity contribution in [1.29, 1.82) is 0 Å². The maximum Gasteiger partial charge on any atom is 0.0644 e. The van der Waals surface area contributed by atoms with Crippen LogP contribution in [0.5, 0.6) is 0 Å². The van der Waals surface area contributed by atoms with Gasteiger partial charge in [-0.3, -0.25) is 4.68 Å². The van der Waals surface area contributed by atoms with Crippen LogP contribution in [0.3, 0.4) is 0 Å². The third-order valence-electron chi connectivity index (χ3n) is 2.97. The van der Waals surface area contributed by atoms with Gasteiger partial charge in [0, 0.05) is 24.3 Å². The van der Waals surface area contributed by atoms with E-state index in [1.165, 1.54) is 11.3 Å². The lowest BCUT2D eigenvalue weighted by Crippen LogP contribution is -2.26. The molecular formula is C12H23N3. The molecule has 3 heteroatoms. The SMILES string of the molecule is CCNC(c1c(C)nn(C)c1C)C(C)C. The van der Waals surface area contributed by atoms with Crippen molar-refractivity contribution in [2.45, 2.75) is 40.7 Å². The predicted octanol–water partition coefficient (Wildman–Crippen LogP) is 2.34. The molecule has 1 unspecified atom stereocenters. The Labute approximate surface area is 92.9 Å². The molecule has 1 aromatic heterocycles. The number of nitrogens with zero attached hydrogens (tertiary/aromatic N) is 2. The average Bonchev–Trinajstić information content (AvgIpc) is 2.38. The minimum absolute atomic E-state index is 0.420. The smallest absolute Gasteiger partial charge is 0.0644 e. The third-order valence-corrected chi connectivity index (χ3v) is 2.97. The summed E-state index contributed by atoms with van der Waals surface area (Å²) in [5.74, 6) is 0.589. The molecule has 0 aliphatic carbocycles. The first-order valence-corrected chi connectivity index (χ1v) is 5.72. The fraction of sp³-hybridized carbons (Fsp3) is 0.750. The summed E-state index contributed by atoms with van der Waals surface area (Å²) >= 11 is 0. The summed E-state index contributed by atoms with van der Waals surface area (Å²) in [4.78, 5) is 0. The van der Waals surface area contributed by atoms with Gasteiger partial charge in [0.2, 0.25) is 0 Å². The molecule has 15 heavy (non-hydrogen) atoms. The molecule has 0 saturated heterocycles. The molecule has 1 N–H and O–H groups in total. The molecule has 0 amide bonds. The van der Waals surface area contributed by atoms with Gasteiger partial charge in [0.25, 0.3) is 0 Å². The Morgan fingerprint density at radius 2 is 1.93 bits per heavy atom. The molecule has 86 valence electrons. The Morgan fingerprint density at radius 3 is 2.27 bits per heavy atom. The summed E-state index contributed by atoms with van der Waals surface area (Å²) in [6, 6.07) is 0.420. The van der Waals surface area contributed by atoms with Crippen molar-refractivity contribution in [2.75, 3.05) is 6.54 Å². The highest BCUT2D eigenvalue weighted by Gasteiger charge is 2.21. The molecule has 1 rings (SSSR count). The van der Waals surface area contributed by atoms with E-state index in [1.807, 2.05) is 11.7 Å². The van der Waals surface area contributed by atoms with Crippen LogP contribution >= 0.6 is 0 Å². The summed E-state index contributed by atoms with van der Waals surface area (Å²) < 4.78 is 1.97. The van der Waals surface area contributed by atoms with E-state index in [4.69, 9.17) is 0 Å². The number of aromatic nitrogens is 2. The molecule has 0 bridgehead atoms. The van der Waals surface area contributed by atoms with Crippen molar-refractivity contribution in [1.82, 2.24) is 15.1 Å². The molecular weight excluding hydrogens is 186 g/mol. The van der Waals surface area contributed by atoms with Gasteiger partial charge in [-0.15, -0.1) is 0 Å². The molecule has 0 aliphatic rings. The lowest BCUT2D eigenvalue weighted by molar-refractivity contribution is 0.418. The van der Waals surface area contributed by atoms with Crippen molar-refractivity contribution in [3.05, 3.63) is 17.0 Å². The van der Waals surface area contributed by atoms with Crippen molar-refractivity contribution in [3.8, 4) is 0 Å². The van der Waals surface area contributed by atoms with Gasteiger partial charge in [-0.25, -0.2) is 0 Å². The molecule has 1 atom stereocenters. The van der Waals surface area contributed by atoms with Gasteiger partial charge in [-0.2, -0.15) is 5.10 Å². The van der Waals surface area contributed by atoms with Gasteiger partial charge in [-0.05, 0) is 26.3 Å². The van der Waals surface area contributed by atoms with Gasteiger partial charge < -0.3 is 5.32 Å². The second-order valence-corrected chi connectivity index (χ2v) is 4.49. The molecule has 0 aromatic carbocycles. The van der Waals surface area contributed by atoms with Crippen LogP contribution < -0.4 is 5.32 Å². The monoisotopic (exact) mass is 209 g/mol. The van der Waals surface area contributed by atoms with E-state index in [1.54, 1.807) is 0 Å². The van der Waals surface area contributed by atoms with E-state index in [0.717, 1.165) is 12.2 Å². The molecule has 1 heterocycles. The normalized spacial score (nSPS) is 13.5. The van der Waals surface area contributed by atoms with E-state index in [0.29, 0.717) is 12.0 Å². The summed E-state index contributed by atoms with van der Waals surface area (Å²) in [6.45, 7) is 11.9. The second kappa shape index (κ2) is 4.79. The van der Waals surface area contributed by atoms with Crippen LogP contribution in [0.25, 0.3) is 0 Å². The molecule has 3 nitrogen and oxygen atoms in total. The van der Waals surface area contributed by atoms with Gasteiger partial charge in [0.05, 0.1) is 5.69 Å². The summed E-state index contributed by atoms with van der Waals surface area (Å²) in [5.41, 5.74) is 3.79. The van der Waals surface area contributed by atoms with E-state index in [9.17, 15) is 0 Å². The van der Waals surface area contributed by atoms with Crippen molar-refractivity contribution < 1.29 is 0 Å². The van der Waals surface area contributed by atoms with Crippen LogP contribution in [0.2, 0.25) is 0 Å². The first kappa shape index (κ1) is 12.2. The lowest BCUT2D eigenvalue weighted by Gasteiger charge is -2.22. The van der Waals surface area contributed by atoms with E-state index in [2.05, 4.69) is 45.0 Å². The Hall–Kier alpha value is -0.830. The van der Waals surface area contributed by atoms with Crippen LogP contribution in [-0.2, 0) is 7.05 Å². The van der Waals surface area contributed by atoms with Crippen LogP contribution in [-0.4, -0.2) is 16.3 Å². The first-order valence-electron chi connectivity index (χ1n) is 5.72. The number of nitrogens with one attached hydrogen (secondary N) is 1. The molecule has 1 aromatic rings. The maximum atomic E-state index is 4.47. The zero-order valence-corrected chi connectivity index (χ0v) is 10.8. The molecule has 0 spiro atoms. The van der Waals surface area contributed by atoms with Crippen LogP contribution in [0.15, 0.2) is 0 Å². The lowest BCUT2D eigenvalue weighted by atomic mass is 9.94. The van der Waals surface area contributed by atoms with Gasteiger partial charge in [0.15, 0.2) is 0 Å². The first-order chi connectivity index (χ1) is 6.99. The molecule has 0 aliphatic heterocycles. The minimum Gasteiger partial charge on any atom is -0.310 e. The highest BCUT2D eigenvalue weighted by Crippen LogP contribution is 2.26. The van der Waals surface area contributed by atoms with E-state index < -0.39 is 0 Å². The van der Waals surface area contributed by atoms with Crippen LogP contribution in [0.1, 0.15) is 43.8 Å². The van der Waals surface area contributed by atoms with Crippen LogP contribution in [0, 0.1) is 19.8 Å². The van der Waals surface area contributed by atoms with Crippen molar-refractivity contribution in [2.24, 2.45) is 13.0 Å². The Kier molecular flexibility index (Phi) is 3.91. The predicted molar refractivity (Wildman–Crippen MR) is 63.9 cm³/mol. The number of aryl methyl sites for hydroxylation is 2. The summed E-state index contributed by atoms with van der Waals surface area (Å²) in [5, 5.41) is 8.01. The van der Waals surface area contributed by atoms with Gasteiger partial charge in [-0.1, -0.05) is 20.8 Å². The topological polar surface area (TPSA) is 29.9 Å². The fourth-order valence-electron chi connectivity index (χ4n) is 2.13. The average molecular weight is 209 g/mol. The zero-order valence-electron chi connectivity index (χ0n) is 10.8.